The molecular weight excluding hydrogens is 264 g/mol. The normalized spacial score (nSPS) is 10.2. The SMILES string of the molecule is Cc1cccc(NC(=O)Nc2c(N)cc(F)cc2F)c1. The highest BCUT2D eigenvalue weighted by Crippen LogP contribution is 2.24. The van der Waals surface area contributed by atoms with E-state index < -0.39 is 17.7 Å². The lowest BCUT2D eigenvalue weighted by Crippen LogP contribution is -2.21. The van der Waals surface area contributed by atoms with E-state index in [1.165, 1.54) is 0 Å². The van der Waals surface area contributed by atoms with Crippen molar-refractivity contribution >= 4 is 23.1 Å². The zero-order chi connectivity index (χ0) is 14.7. The molecule has 0 radical (unpaired) electrons. The molecule has 2 aromatic rings. The number of halogens is 2. The van der Waals surface area contributed by atoms with Gasteiger partial charge in [0.15, 0.2) is 5.82 Å². The lowest BCUT2D eigenvalue weighted by Gasteiger charge is -2.11. The minimum Gasteiger partial charge on any atom is -0.397 e. The van der Waals surface area contributed by atoms with Crippen molar-refractivity contribution in [3.63, 3.8) is 0 Å². The van der Waals surface area contributed by atoms with Gasteiger partial charge in [-0.3, -0.25) is 0 Å². The van der Waals surface area contributed by atoms with Crippen LogP contribution in [0.15, 0.2) is 36.4 Å². The van der Waals surface area contributed by atoms with E-state index in [1.54, 1.807) is 18.2 Å². The third-order valence-corrected chi connectivity index (χ3v) is 2.60. The molecule has 6 heteroatoms. The number of hydrogen-bond donors (Lipinski definition) is 3. The molecule has 20 heavy (non-hydrogen) atoms. The van der Waals surface area contributed by atoms with Gasteiger partial charge in [0.05, 0.1) is 5.69 Å². The van der Waals surface area contributed by atoms with Crippen molar-refractivity contribution in [1.29, 1.82) is 0 Å². The minimum absolute atomic E-state index is 0.179. The number of hydrogen-bond acceptors (Lipinski definition) is 2. The Bertz CT molecular complexity index is 636. The Labute approximate surface area is 114 Å². The van der Waals surface area contributed by atoms with Crippen LogP contribution in [-0.2, 0) is 0 Å². The fourth-order valence-corrected chi connectivity index (χ4v) is 1.72. The van der Waals surface area contributed by atoms with Gasteiger partial charge in [0, 0.05) is 11.8 Å². The van der Waals surface area contributed by atoms with E-state index in [2.05, 4.69) is 10.6 Å². The van der Waals surface area contributed by atoms with Crippen molar-refractivity contribution in [2.24, 2.45) is 0 Å². The molecule has 0 aliphatic rings. The molecule has 2 rings (SSSR count). The highest BCUT2D eigenvalue weighted by Gasteiger charge is 2.12. The predicted molar refractivity (Wildman–Crippen MR) is 74.6 cm³/mol. The maximum Gasteiger partial charge on any atom is 0.323 e. The molecule has 0 aromatic heterocycles. The number of anilines is 3. The van der Waals surface area contributed by atoms with Gasteiger partial charge in [0.1, 0.15) is 11.5 Å². The van der Waals surface area contributed by atoms with Crippen LogP contribution in [0.2, 0.25) is 0 Å². The van der Waals surface area contributed by atoms with Crippen molar-refractivity contribution in [3.05, 3.63) is 53.6 Å². The van der Waals surface area contributed by atoms with Crippen molar-refractivity contribution in [2.45, 2.75) is 6.92 Å². The van der Waals surface area contributed by atoms with Gasteiger partial charge < -0.3 is 16.4 Å². The lowest BCUT2D eigenvalue weighted by molar-refractivity contribution is 0.262. The second kappa shape index (κ2) is 5.56. The summed E-state index contributed by atoms with van der Waals surface area (Å²) in [7, 11) is 0. The number of benzene rings is 2. The van der Waals surface area contributed by atoms with Crippen LogP contribution in [0.1, 0.15) is 5.56 Å². The number of rotatable bonds is 2. The molecular formula is C14H13F2N3O. The minimum atomic E-state index is -0.929. The Morgan fingerprint density at radius 1 is 1.15 bits per heavy atom. The molecule has 0 spiro atoms. The molecule has 2 amide bonds. The number of carbonyl (C=O) groups is 1. The molecule has 0 aliphatic carbocycles. The first-order valence-electron chi connectivity index (χ1n) is 5.85. The molecule has 4 nitrogen and oxygen atoms in total. The number of nitrogens with one attached hydrogen (secondary N) is 2. The van der Waals surface area contributed by atoms with Gasteiger partial charge in [-0.2, -0.15) is 0 Å². The lowest BCUT2D eigenvalue weighted by atomic mass is 10.2. The van der Waals surface area contributed by atoms with E-state index in [4.69, 9.17) is 5.73 Å². The first kappa shape index (κ1) is 13.8. The van der Waals surface area contributed by atoms with Crippen LogP contribution < -0.4 is 16.4 Å². The van der Waals surface area contributed by atoms with E-state index in [9.17, 15) is 13.6 Å². The topological polar surface area (TPSA) is 67.2 Å². The number of amides is 2. The van der Waals surface area contributed by atoms with Crippen LogP contribution in [0.5, 0.6) is 0 Å². The van der Waals surface area contributed by atoms with Crippen LogP contribution in [0, 0.1) is 18.6 Å². The zero-order valence-electron chi connectivity index (χ0n) is 10.7. The average Bonchev–Trinajstić information content (AvgIpc) is 2.33. The number of aryl methyl sites for hydroxylation is 1. The van der Waals surface area contributed by atoms with Crippen LogP contribution in [-0.4, -0.2) is 6.03 Å². The molecule has 2 aromatic carbocycles. The fourth-order valence-electron chi connectivity index (χ4n) is 1.72. The Hall–Kier alpha value is -2.63. The van der Waals surface area contributed by atoms with Gasteiger partial charge in [0.25, 0.3) is 0 Å². The van der Waals surface area contributed by atoms with E-state index in [0.29, 0.717) is 11.8 Å². The number of nitrogens with two attached hydrogens (primary N) is 1. The van der Waals surface area contributed by atoms with E-state index in [0.717, 1.165) is 11.6 Å². The molecule has 0 atom stereocenters. The molecule has 0 fully saturated rings. The summed E-state index contributed by atoms with van der Waals surface area (Å²) in [5, 5.41) is 4.79. The smallest absolute Gasteiger partial charge is 0.323 e. The Morgan fingerprint density at radius 3 is 2.55 bits per heavy atom. The Kier molecular flexibility index (Phi) is 3.84. The first-order valence-corrected chi connectivity index (χ1v) is 5.85. The van der Waals surface area contributed by atoms with Gasteiger partial charge in [0.2, 0.25) is 0 Å². The predicted octanol–water partition coefficient (Wildman–Crippen LogP) is 3.50. The van der Waals surface area contributed by atoms with Crippen molar-refractivity contribution in [3.8, 4) is 0 Å². The van der Waals surface area contributed by atoms with Crippen molar-refractivity contribution < 1.29 is 13.6 Å². The third-order valence-electron chi connectivity index (χ3n) is 2.60. The summed E-state index contributed by atoms with van der Waals surface area (Å²) in [4.78, 5) is 11.7. The quantitative estimate of drug-likeness (QED) is 0.735. The Morgan fingerprint density at radius 2 is 1.90 bits per heavy atom. The van der Waals surface area contributed by atoms with Crippen molar-refractivity contribution in [1.82, 2.24) is 0 Å². The van der Waals surface area contributed by atoms with E-state index in [-0.39, 0.29) is 11.4 Å². The molecule has 0 bridgehead atoms. The maximum atomic E-state index is 13.5. The van der Waals surface area contributed by atoms with Gasteiger partial charge in [-0.25, -0.2) is 13.6 Å². The van der Waals surface area contributed by atoms with Gasteiger partial charge >= 0.3 is 6.03 Å². The number of carbonyl (C=O) groups excluding carboxylic acids is 1. The highest BCUT2D eigenvalue weighted by atomic mass is 19.1. The standard InChI is InChI=1S/C14H13F2N3O/c1-8-3-2-4-10(5-8)18-14(20)19-13-11(16)6-9(15)7-12(13)17/h2-7H,17H2,1H3,(H2,18,19,20). The summed E-state index contributed by atoms with van der Waals surface area (Å²) >= 11 is 0. The first-order chi connectivity index (χ1) is 9.45. The molecule has 0 aliphatic heterocycles. The summed E-state index contributed by atoms with van der Waals surface area (Å²) in [6.45, 7) is 1.88. The van der Waals surface area contributed by atoms with Gasteiger partial charge in [-0.05, 0) is 30.7 Å². The maximum absolute atomic E-state index is 13.5. The summed E-state index contributed by atoms with van der Waals surface area (Å²) in [5.41, 5.74) is 6.56. The molecule has 0 unspecified atom stereocenters. The van der Waals surface area contributed by atoms with Crippen LogP contribution in [0.25, 0.3) is 0 Å². The van der Waals surface area contributed by atoms with Crippen LogP contribution in [0.3, 0.4) is 0 Å². The number of urea groups is 1. The molecule has 104 valence electrons. The monoisotopic (exact) mass is 277 g/mol. The van der Waals surface area contributed by atoms with Gasteiger partial charge in [-0.15, -0.1) is 0 Å². The summed E-state index contributed by atoms with van der Waals surface area (Å²) in [6, 6.07) is 8.02. The van der Waals surface area contributed by atoms with Gasteiger partial charge in [-0.1, -0.05) is 12.1 Å². The van der Waals surface area contributed by atoms with E-state index in [1.807, 2.05) is 13.0 Å². The van der Waals surface area contributed by atoms with Crippen molar-refractivity contribution in [2.75, 3.05) is 16.4 Å². The summed E-state index contributed by atoms with van der Waals surface area (Å²) in [5.74, 6) is -1.73. The molecule has 4 N–H and O–H groups in total. The molecule has 0 saturated heterocycles. The third kappa shape index (κ3) is 3.23. The second-order valence-electron chi connectivity index (χ2n) is 4.30. The zero-order valence-corrected chi connectivity index (χ0v) is 10.7. The van der Waals surface area contributed by atoms with Crippen LogP contribution >= 0.6 is 0 Å². The van der Waals surface area contributed by atoms with E-state index >= 15 is 0 Å². The average molecular weight is 277 g/mol. The summed E-state index contributed by atoms with van der Waals surface area (Å²) < 4.78 is 26.4. The molecule has 0 saturated carbocycles. The van der Waals surface area contributed by atoms with Crippen LogP contribution in [0.4, 0.5) is 30.6 Å². The Balaban J connectivity index is 2.13. The fraction of sp³-hybridized carbons (Fsp3) is 0.0714. The number of nitrogen functional groups attached to an aromatic ring is 1. The summed E-state index contributed by atoms with van der Waals surface area (Å²) in [6.07, 6.45) is 0. The largest absolute Gasteiger partial charge is 0.397 e. The highest BCUT2D eigenvalue weighted by molar-refractivity contribution is 6.01. The second-order valence-corrected chi connectivity index (χ2v) is 4.30. The molecule has 0 heterocycles.